The van der Waals surface area contributed by atoms with Crippen molar-refractivity contribution >= 4 is 62.4 Å². The predicted molar refractivity (Wildman–Crippen MR) is 234 cm³/mol. The zero-order valence-corrected chi connectivity index (χ0v) is 38.2. The Hall–Kier alpha value is -3.43. The topological polar surface area (TPSA) is 121 Å². The number of nitrogens with zero attached hydrogens (tertiary/aromatic N) is 5. The van der Waals surface area contributed by atoms with E-state index in [0.29, 0.717) is 62.5 Å². The van der Waals surface area contributed by atoms with Gasteiger partial charge in [-0.1, -0.05) is 59.1 Å². The first-order chi connectivity index (χ1) is 27.8. The highest BCUT2D eigenvalue weighted by Gasteiger charge is 2.60. The van der Waals surface area contributed by atoms with Gasteiger partial charge in [-0.3, -0.25) is 19.6 Å². The van der Waals surface area contributed by atoms with Crippen LogP contribution in [0.2, 0.25) is 15.1 Å². The molecule has 16 heteroatoms. The molecule has 3 aromatic rings. The molecule has 1 fully saturated rings. The van der Waals surface area contributed by atoms with Crippen molar-refractivity contribution in [2.75, 3.05) is 71.9 Å². The van der Waals surface area contributed by atoms with Crippen LogP contribution in [0.15, 0.2) is 70.6 Å². The van der Waals surface area contributed by atoms with E-state index in [0.717, 1.165) is 17.4 Å². The Labute approximate surface area is 364 Å². The number of benzene rings is 3. The molecule has 0 aromatic heterocycles. The lowest BCUT2D eigenvalue weighted by molar-refractivity contribution is -0.134. The summed E-state index contributed by atoms with van der Waals surface area (Å²) < 4.78 is 43.8. The minimum absolute atomic E-state index is 0.0128. The highest BCUT2D eigenvalue weighted by molar-refractivity contribution is 7.90. The smallest absolute Gasteiger partial charge is 0.326 e. The summed E-state index contributed by atoms with van der Waals surface area (Å²) in [7, 11) is -3.82. The largest absolute Gasteiger partial charge is 0.493 e. The van der Waals surface area contributed by atoms with E-state index in [-0.39, 0.29) is 64.4 Å². The molecule has 0 saturated carbocycles. The molecule has 0 aliphatic carbocycles. The summed E-state index contributed by atoms with van der Waals surface area (Å²) in [6.07, 6.45) is 1.17. The van der Waals surface area contributed by atoms with Crippen LogP contribution in [0.4, 0.5) is 4.79 Å². The van der Waals surface area contributed by atoms with Crippen molar-refractivity contribution in [2.45, 2.75) is 76.6 Å². The Morgan fingerprint density at radius 3 is 1.85 bits per heavy atom. The Morgan fingerprint density at radius 2 is 1.36 bits per heavy atom. The number of amides is 3. The second-order valence-corrected chi connectivity index (χ2v) is 18.9. The minimum atomic E-state index is -3.82. The van der Waals surface area contributed by atoms with Crippen LogP contribution in [0.1, 0.15) is 65.2 Å². The lowest BCUT2D eigenvalue weighted by Gasteiger charge is -2.47. The molecular weight excluding hydrogens is 837 g/mol. The van der Waals surface area contributed by atoms with Gasteiger partial charge in [0.2, 0.25) is 5.91 Å². The van der Waals surface area contributed by atoms with Crippen LogP contribution in [0.5, 0.6) is 5.75 Å². The molecule has 12 nitrogen and oxygen atoms in total. The van der Waals surface area contributed by atoms with Crippen LogP contribution < -0.4 is 4.74 Å². The Morgan fingerprint density at radius 1 is 0.831 bits per heavy atom. The van der Waals surface area contributed by atoms with Crippen molar-refractivity contribution in [3.8, 4) is 5.75 Å². The molecule has 0 spiro atoms. The first-order valence-electron chi connectivity index (χ1n) is 19.9. The molecule has 322 valence electrons. The molecule has 0 N–H and O–H groups in total. The first kappa shape index (κ1) is 46.6. The van der Waals surface area contributed by atoms with Crippen LogP contribution >= 0.6 is 34.8 Å². The van der Waals surface area contributed by atoms with Gasteiger partial charge in [0.15, 0.2) is 9.84 Å². The zero-order valence-electron chi connectivity index (χ0n) is 35.1. The predicted octanol–water partition coefficient (Wildman–Crippen LogP) is 7.76. The third-order valence-electron chi connectivity index (χ3n) is 10.9. The molecule has 1 saturated heterocycles. The average Bonchev–Trinajstić information content (AvgIpc) is 3.41. The average molecular weight is 893 g/mol. The maximum atomic E-state index is 15.4. The van der Waals surface area contributed by atoms with Crippen molar-refractivity contribution in [1.29, 1.82) is 0 Å². The van der Waals surface area contributed by atoms with Gasteiger partial charge in [-0.15, -0.1) is 0 Å². The molecular formula is C43H56Cl3N5O7S. The molecule has 0 bridgehead atoms. The molecule has 5 rings (SSSR count). The van der Waals surface area contributed by atoms with Gasteiger partial charge in [-0.2, -0.15) is 0 Å². The number of hydrogen-bond acceptors (Lipinski definition) is 9. The van der Waals surface area contributed by atoms with E-state index in [1.807, 2.05) is 70.7 Å². The van der Waals surface area contributed by atoms with Crippen molar-refractivity contribution in [3.63, 3.8) is 0 Å². The van der Waals surface area contributed by atoms with Gasteiger partial charge in [0.1, 0.15) is 22.7 Å². The molecule has 2 aliphatic rings. The molecule has 59 heavy (non-hydrogen) atoms. The Kier molecular flexibility index (Phi) is 15.4. The molecule has 0 unspecified atom stereocenters. The van der Waals surface area contributed by atoms with E-state index in [1.54, 1.807) is 45.9 Å². The lowest BCUT2D eigenvalue weighted by atomic mass is 9.71. The van der Waals surface area contributed by atoms with Gasteiger partial charge in [-0.25, -0.2) is 13.2 Å². The summed E-state index contributed by atoms with van der Waals surface area (Å²) in [5.74, 6) is 0.432. The highest BCUT2D eigenvalue weighted by atomic mass is 35.5. The molecule has 0 radical (unpaired) electrons. The fourth-order valence-electron chi connectivity index (χ4n) is 7.52. The van der Waals surface area contributed by atoms with Crippen molar-refractivity contribution in [3.05, 3.63) is 92.4 Å². The molecule has 2 heterocycles. The Bertz CT molecular complexity index is 2080. The number of hydrogen-bond donors (Lipinski definition) is 0. The van der Waals surface area contributed by atoms with E-state index in [2.05, 4.69) is 0 Å². The summed E-state index contributed by atoms with van der Waals surface area (Å²) in [6, 6.07) is 17.1. The monoisotopic (exact) mass is 891 g/mol. The van der Waals surface area contributed by atoms with E-state index < -0.39 is 20.9 Å². The molecule has 3 aromatic carbocycles. The van der Waals surface area contributed by atoms with Gasteiger partial charge in [0.25, 0.3) is 0 Å². The third kappa shape index (κ3) is 10.5. The third-order valence-corrected chi connectivity index (χ3v) is 13.0. The molecule has 3 amide bonds. The number of piperazine rings is 1. The summed E-state index contributed by atoms with van der Waals surface area (Å²) in [5, 5.41) is 1.03. The first-order valence-corrected chi connectivity index (χ1v) is 22.9. The normalized spacial score (nSPS) is 20.1. The SMILES string of the molecule is CCOc1cc(Cl)c(S(C)(=O)=O)cc1C1=N[C@@](C)(c2ccc(Cl)cc2)[C@@](C)(c2ccc(Cl)cc2)N1C(=O)N1CCN(CC(=O)N(CCOC(C)C)CCOC(C)C)CC1. The number of carbonyl (C=O) groups excluding carboxylic acids is 2. The van der Waals surface area contributed by atoms with Gasteiger partial charge in [-0.05, 0) is 89.9 Å². The number of ether oxygens (including phenoxy) is 3. The minimum Gasteiger partial charge on any atom is -0.493 e. The second kappa shape index (κ2) is 19.5. The maximum Gasteiger partial charge on any atom is 0.326 e. The summed E-state index contributed by atoms with van der Waals surface area (Å²) in [4.78, 5) is 41.6. The number of urea groups is 1. The van der Waals surface area contributed by atoms with Crippen molar-refractivity contribution < 1.29 is 32.2 Å². The Balaban J connectivity index is 1.55. The van der Waals surface area contributed by atoms with Crippen LogP contribution in [0.3, 0.4) is 0 Å². The fourth-order valence-corrected chi connectivity index (χ4v) is 9.10. The van der Waals surface area contributed by atoms with Gasteiger partial charge in [0, 0.05) is 61.6 Å². The zero-order chi connectivity index (χ0) is 43.3. The fraction of sp³-hybridized carbons (Fsp3) is 0.512. The van der Waals surface area contributed by atoms with Crippen LogP contribution in [-0.4, -0.2) is 130 Å². The number of halogens is 3. The van der Waals surface area contributed by atoms with Crippen LogP contribution in [0.25, 0.3) is 0 Å². The molecule has 2 aliphatic heterocycles. The molecule has 2 atom stereocenters. The summed E-state index contributed by atoms with van der Waals surface area (Å²) in [5.41, 5.74) is -0.617. The van der Waals surface area contributed by atoms with Gasteiger partial charge in [0.05, 0.1) is 54.1 Å². The van der Waals surface area contributed by atoms with Crippen LogP contribution in [-0.2, 0) is 35.2 Å². The van der Waals surface area contributed by atoms with Gasteiger partial charge < -0.3 is 24.0 Å². The van der Waals surface area contributed by atoms with E-state index >= 15 is 4.79 Å². The maximum absolute atomic E-state index is 15.4. The lowest BCUT2D eigenvalue weighted by Crippen LogP contribution is -2.61. The second-order valence-electron chi connectivity index (χ2n) is 15.7. The van der Waals surface area contributed by atoms with Crippen LogP contribution in [0, 0.1) is 0 Å². The van der Waals surface area contributed by atoms with E-state index in [9.17, 15) is 13.2 Å². The van der Waals surface area contributed by atoms with Crippen molar-refractivity contribution in [2.24, 2.45) is 4.99 Å². The van der Waals surface area contributed by atoms with Gasteiger partial charge >= 0.3 is 6.03 Å². The number of carbonyl (C=O) groups is 2. The number of aliphatic imine (C=N–C) groups is 1. The standard InChI is InChI=1S/C43H56Cl3N5O7S/c1-9-56-37-27-36(46)38(59(8,54)55)26-35(37)40-47-42(6,31-10-14-33(44)15-11-31)43(7,32-12-16-34(45)17-13-32)51(40)41(53)50-20-18-48(19-21-50)28-39(52)49(22-24-57-29(2)3)23-25-58-30(4)5/h10-17,26-27,29-30H,9,18-25,28H2,1-8H3/t42-,43+/m0/s1. The summed E-state index contributed by atoms with van der Waals surface area (Å²) in [6.45, 7) is 17.2. The summed E-state index contributed by atoms with van der Waals surface area (Å²) >= 11 is 19.4. The van der Waals surface area contributed by atoms with E-state index in [1.165, 1.54) is 12.1 Å². The highest BCUT2D eigenvalue weighted by Crippen LogP contribution is 2.54. The quantitative estimate of drug-likeness (QED) is 0.143. The number of rotatable bonds is 16. The number of sulfone groups is 1. The van der Waals surface area contributed by atoms with Crippen molar-refractivity contribution in [1.82, 2.24) is 19.6 Å². The number of amidine groups is 1. The van der Waals surface area contributed by atoms with E-state index in [4.69, 9.17) is 54.0 Å².